The van der Waals surface area contributed by atoms with E-state index in [4.69, 9.17) is 0 Å². The van der Waals surface area contributed by atoms with Gasteiger partial charge in [-0.15, -0.1) is 12.4 Å². The van der Waals surface area contributed by atoms with E-state index in [0.717, 1.165) is 39.1 Å². The van der Waals surface area contributed by atoms with Crippen molar-refractivity contribution in [2.24, 2.45) is 0 Å². The quantitative estimate of drug-likeness (QED) is 0.178. The van der Waals surface area contributed by atoms with Crippen LogP contribution in [0.15, 0.2) is 0 Å². The number of nitrogens with zero attached hydrogens (tertiary/aromatic N) is 2. The lowest BCUT2D eigenvalue weighted by Gasteiger charge is -2.38. The van der Waals surface area contributed by atoms with E-state index in [0.29, 0.717) is 6.54 Å². The molecule has 0 spiro atoms. The molecule has 3 N–H and O–H groups in total. The highest BCUT2D eigenvalue weighted by Gasteiger charge is 2.19. The van der Waals surface area contributed by atoms with E-state index in [1.54, 1.807) is 0 Å². The molecule has 0 amide bonds. The van der Waals surface area contributed by atoms with Crippen molar-refractivity contribution in [3.8, 4) is 0 Å². The molecule has 0 unspecified atom stereocenters. The number of hydrogen-bond acceptors (Lipinski definition) is 5. The molecule has 0 aliphatic carbocycles. The maximum Gasteiger partial charge on any atom is 0.165 e. The van der Waals surface area contributed by atoms with Crippen molar-refractivity contribution >= 4 is 12.4 Å². The molecule has 0 aromatic carbocycles. The second-order valence-electron chi connectivity index (χ2n) is 8.90. The van der Waals surface area contributed by atoms with Gasteiger partial charge in [0, 0.05) is 32.7 Å². The Morgan fingerprint density at radius 2 is 1.10 bits per heavy atom. The molecular weight excluding hydrogens is 398 g/mol. The molecule has 1 aliphatic heterocycles. The standard InChI is InChI=1S/C24H51N3O2.ClH/c1-2-3-4-5-6-7-8-9-10-11-12-13-14-15-16-17-20-27(23-24(28)29)26-21-18-25-19-22-26;/h24-25,28-29H,2-23H2,1H3;1H. The summed E-state index contributed by atoms with van der Waals surface area (Å²) < 4.78 is 0. The number of aliphatic hydroxyl groups is 2. The summed E-state index contributed by atoms with van der Waals surface area (Å²) in [6.45, 7) is 7.45. The molecule has 0 bridgehead atoms. The van der Waals surface area contributed by atoms with E-state index in [1.807, 2.05) is 0 Å². The van der Waals surface area contributed by atoms with Gasteiger partial charge in [-0.3, -0.25) is 0 Å². The zero-order valence-corrected chi connectivity index (χ0v) is 20.6. The van der Waals surface area contributed by atoms with Crippen LogP contribution in [0.2, 0.25) is 0 Å². The van der Waals surface area contributed by atoms with Crippen molar-refractivity contribution in [1.29, 1.82) is 0 Å². The third kappa shape index (κ3) is 17.7. The zero-order valence-electron chi connectivity index (χ0n) is 19.8. The fourth-order valence-corrected chi connectivity index (χ4v) is 4.31. The predicted octanol–water partition coefficient (Wildman–Crippen LogP) is 5.10. The third-order valence-electron chi connectivity index (χ3n) is 6.14. The Balaban J connectivity index is 0.00000841. The monoisotopic (exact) mass is 449 g/mol. The van der Waals surface area contributed by atoms with Crippen molar-refractivity contribution in [3.63, 3.8) is 0 Å². The van der Waals surface area contributed by atoms with Gasteiger partial charge >= 0.3 is 0 Å². The molecule has 0 radical (unpaired) electrons. The van der Waals surface area contributed by atoms with Crippen molar-refractivity contribution in [3.05, 3.63) is 0 Å². The Morgan fingerprint density at radius 1 is 0.700 bits per heavy atom. The number of hydrogen-bond donors (Lipinski definition) is 3. The highest BCUT2D eigenvalue weighted by molar-refractivity contribution is 5.85. The average molecular weight is 450 g/mol. The first-order valence-electron chi connectivity index (χ1n) is 12.8. The number of piperazine rings is 1. The summed E-state index contributed by atoms with van der Waals surface area (Å²) in [6.07, 6.45) is 20.9. The Hall–Kier alpha value is 0.0900. The topological polar surface area (TPSA) is 59.0 Å². The van der Waals surface area contributed by atoms with Gasteiger partial charge in [0.05, 0.1) is 6.54 Å². The van der Waals surface area contributed by atoms with Crippen LogP contribution in [0.1, 0.15) is 110 Å². The molecule has 0 saturated carbocycles. The molecular formula is C24H52ClN3O2. The molecule has 1 rings (SSSR count). The minimum absolute atomic E-state index is 0. The number of unbranched alkanes of at least 4 members (excludes halogenated alkanes) is 15. The van der Waals surface area contributed by atoms with Gasteiger partial charge in [0.15, 0.2) is 6.29 Å². The number of aliphatic hydroxyl groups excluding tert-OH is 1. The first-order chi connectivity index (χ1) is 14.2. The van der Waals surface area contributed by atoms with Gasteiger partial charge in [-0.2, -0.15) is 0 Å². The zero-order chi connectivity index (χ0) is 21.0. The number of rotatable bonds is 20. The molecule has 30 heavy (non-hydrogen) atoms. The summed E-state index contributed by atoms with van der Waals surface area (Å²) in [5.74, 6) is 0. The fourth-order valence-electron chi connectivity index (χ4n) is 4.31. The van der Waals surface area contributed by atoms with Crippen LogP contribution < -0.4 is 5.32 Å². The van der Waals surface area contributed by atoms with Crippen molar-refractivity contribution in [2.75, 3.05) is 39.3 Å². The third-order valence-corrected chi connectivity index (χ3v) is 6.14. The van der Waals surface area contributed by atoms with Gasteiger partial charge in [-0.1, -0.05) is 103 Å². The van der Waals surface area contributed by atoms with Crippen LogP contribution in [-0.2, 0) is 0 Å². The molecule has 0 atom stereocenters. The summed E-state index contributed by atoms with van der Waals surface area (Å²) >= 11 is 0. The van der Waals surface area contributed by atoms with Gasteiger partial charge in [0.25, 0.3) is 0 Å². The SMILES string of the molecule is CCCCCCCCCCCCCCCCCCN(CC(O)O)N1CCNCC1.Cl. The molecule has 1 fully saturated rings. The van der Waals surface area contributed by atoms with Crippen molar-refractivity contribution < 1.29 is 10.2 Å². The highest BCUT2D eigenvalue weighted by Crippen LogP contribution is 2.14. The Labute approximate surface area is 193 Å². The van der Waals surface area contributed by atoms with Crippen molar-refractivity contribution in [1.82, 2.24) is 15.3 Å². The van der Waals surface area contributed by atoms with E-state index in [2.05, 4.69) is 22.3 Å². The lowest BCUT2D eigenvalue weighted by Crippen LogP contribution is -2.54. The second kappa shape index (κ2) is 22.3. The first-order valence-corrected chi connectivity index (χ1v) is 12.8. The molecule has 1 aliphatic rings. The summed E-state index contributed by atoms with van der Waals surface area (Å²) in [5, 5.41) is 26.5. The number of halogens is 1. The molecule has 1 heterocycles. The number of hydrazine groups is 1. The minimum Gasteiger partial charge on any atom is -0.367 e. The molecule has 5 nitrogen and oxygen atoms in total. The summed E-state index contributed by atoms with van der Waals surface area (Å²) in [5.41, 5.74) is 0. The number of nitrogens with one attached hydrogen (secondary N) is 1. The summed E-state index contributed by atoms with van der Waals surface area (Å²) in [4.78, 5) is 0. The van der Waals surface area contributed by atoms with E-state index in [9.17, 15) is 10.2 Å². The Morgan fingerprint density at radius 3 is 1.50 bits per heavy atom. The fraction of sp³-hybridized carbons (Fsp3) is 1.00. The van der Waals surface area contributed by atoms with E-state index < -0.39 is 6.29 Å². The largest absolute Gasteiger partial charge is 0.367 e. The molecule has 182 valence electrons. The smallest absolute Gasteiger partial charge is 0.165 e. The first kappa shape index (κ1) is 30.1. The van der Waals surface area contributed by atoms with Gasteiger partial charge < -0.3 is 15.5 Å². The van der Waals surface area contributed by atoms with Gasteiger partial charge in [-0.05, 0) is 6.42 Å². The predicted molar refractivity (Wildman–Crippen MR) is 131 cm³/mol. The van der Waals surface area contributed by atoms with E-state index >= 15 is 0 Å². The maximum absolute atomic E-state index is 9.36. The van der Waals surface area contributed by atoms with Gasteiger partial charge in [0.2, 0.25) is 0 Å². The van der Waals surface area contributed by atoms with E-state index in [-0.39, 0.29) is 12.4 Å². The molecule has 1 saturated heterocycles. The Kier molecular flexibility index (Phi) is 22.4. The lowest BCUT2D eigenvalue weighted by molar-refractivity contribution is -0.122. The van der Waals surface area contributed by atoms with Crippen LogP contribution in [0.25, 0.3) is 0 Å². The highest BCUT2D eigenvalue weighted by atomic mass is 35.5. The summed E-state index contributed by atoms with van der Waals surface area (Å²) in [7, 11) is 0. The van der Waals surface area contributed by atoms with Crippen LogP contribution >= 0.6 is 12.4 Å². The Bertz CT molecular complexity index is 342. The maximum atomic E-state index is 9.36. The summed E-state index contributed by atoms with van der Waals surface area (Å²) in [6, 6.07) is 0. The second-order valence-corrected chi connectivity index (χ2v) is 8.90. The van der Waals surface area contributed by atoms with Crippen LogP contribution in [0.4, 0.5) is 0 Å². The van der Waals surface area contributed by atoms with Gasteiger partial charge in [-0.25, -0.2) is 10.0 Å². The minimum atomic E-state index is -1.24. The van der Waals surface area contributed by atoms with Crippen LogP contribution in [0, 0.1) is 0 Å². The van der Waals surface area contributed by atoms with Crippen LogP contribution in [-0.4, -0.2) is 65.8 Å². The lowest BCUT2D eigenvalue weighted by atomic mass is 10.0. The van der Waals surface area contributed by atoms with Crippen molar-refractivity contribution in [2.45, 2.75) is 116 Å². The average Bonchev–Trinajstić information content (AvgIpc) is 2.73. The van der Waals surface area contributed by atoms with Crippen LogP contribution in [0.3, 0.4) is 0 Å². The van der Waals surface area contributed by atoms with Gasteiger partial charge in [0.1, 0.15) is 0 Å². The molecule has 0 aromatic rings. The molecule has 0 aromatic heterocycles. The van der Waals surface area contributed by atoms with E-state index in [1.165, 1.54) is 96.3 Å². The molecule has 6 heteroatoms. The normalized spacial score (nSPS) is 15.1. The van der Waals surface area contributed by atoms with Crippen LogP contribution in [0.5, 0.6) is 0 Å².